The molecule has 3 N–H and O–H groups in total. The molecular weight excluding hydrogens is 591 g/mol. The van der Waals surface area contributed by atoms with Crippen LogP contribution in [0.15, 0.2) is 16.9 Å². The molecular formula is C35H41FN4O6. The minimum atomic E-state index is -1.75. The van der Waals surface area contributed by atoms with Crippen LogP contribution in [-0.4, -0.2) is 45.6 Å². The Morgan fingerprint density at radius 1 is 1.13 bits per heavy atom. The van der Waals surface area contributed by atoms with Crippen molar-refractivity contribution in [1.29, 1.82) is 0 Å². The predicted molar refractivity (Wildman–Crippen MR) is 170 cm³/mol. The molecule has 0 unspecified atom stereocenters. The molecule has 0 spiro atoms. The van der Waals surface area contributed by atoms with E-state index in [9.17, 15) is 24.3 Å². The minimum absolute atomic E-state index is 0.0338. The maximum absolute atomic E-state index is 15.1. The number of carbonyl (C=O) groups is 3. The number of ether oxygens (including phenoxy) is 1. The van der Waals surface area contributed by atoms with Gasteiger partial charge in [-0.25, -0.2) is 9.37 Å². The zero-order chi connectivity index (χ0) is 33.1. The second-order valence-corrected chi connectivity index (χ2v) is 14.0. The quantitative estimate of drug-likeness (QED) is 0.197. The predicted octanol–water partition coefficient (Wildman–Crippen LogP) is 4.01. The molecule has 2 aliphatic carbocycles. The molecule has 1 aromatic carbocycles. The van der Waals surface area contributed by atoms with Crippen molar-refractivity contribution in [2.75, 3.05) is 13.3 Å². The van der Waals surface area contributed by atoms with Gasteiger partial charge in [-0.1, -0.05) is 27.7 Å². The fraction of sp³-hybridized carbons (Fsp3) is 0.514. The Balaban J connectivity index is 1.32. The van der Waals surface area contributed by atoms with E-state index >= 15 is 4.39 Å². The third-order valence-electron chi connectivity index (χ3n) is 9.80. The first kappa shape index (κ1) is 32.0. The molecule has 3 aliphatic rings. The van der Waals surface area contributed by atoms with E-state index in [1.807, 2.05) is 0 Å². The van der Waals surface area contributed by atoms with Crippen LogP contribution in [-0.2, 0) is 44.1 Å². The van der Waals surface area contributed by atoms with Crippen molar-refractivity contribution >= 4 is 28.5 Å². The van der Waals surface area contributed by atoms with Crippen molar-refractivity contribution in [2.45, 2.75) is 97.8 Å². The average molecular weight is 633 g/mol. The van der Waals surface area contributed by atoms with Crippen molar-refractivity contribution in [3.8, 4) is 11.4 Å². The molecule has 2 amide bonds. The maximum atomic E-state index is 15.1. The van der Waals surface area contributed by atoms with Crippen molar-refractivity contribution < 1.29 is 28.6 Å². The summed E-state index contributed by atoms with van der Waals surface area (Å²) in [6, 6.07) is 2.63. The number of carbonyl (C=O) groups excluding carboxylic acids is 3. The standard InChI is InChI=1S/C35H41FN4O6/c1-6-35(45)22-13-26-32-21(15-40(26)33(44)20(22)8-10-27(35)41)31-24(9-7-19-18(2)23(36)14-25(39-32)30(19)31)38-29(43)16-46-17-37-28(42)11-12-34(3,4)5/h13-14,24,45H,6-12,15-17H2,1-5H3,(H,37,42)(H,38,43)/t24-,35-/m0/s1. The number of halogens is 1. The fourth-order valence-corrected chi connectivity index (χ4v) is 7.17. The van der Waals surface area contributed by atoms with Crippen LogP contribution in [0.2, 0.25) is 0 Å². The number of nitrogens with one attached hydrogen (secondary N) is 2. The monoisotopic (exact) mass is 632 g/mol. The summed E-state index contributed by atoms with van der Waals surface area (Å²) in [6.07, 6.45) is 2.60. The van der Waals surface area contributed by atoms with Gasteiger partial charge in [-0.2, -0.15) is 0 Å². The number of hydrogen-bond acceptors (Lipinski definition) is 7. The van der Waals surface area contributed by atoms with E-state index in [2.05, 4.69) is 31.4 Å². The zero-order valence-corrected chi connectivity index (χ0v) is 27.1. The van der Waals surface area contributed by atoms with Crippen LogP contribution in [0.25, 0.3) is 22.3 Å². The highest BCUT2D eigenvalue weighted by atomic mass is 19.1. The zero-order valence-electron chi connectivity index (χ0n) is 27.1. The molecule has 244 valence electrons. The summed E-state index contributed by atoms with van der Waals surface area (Å²) < 4.78 is 22.2. The van der Waals surface area contributed by atoms with Gasteiger partial charge in [-0.3, -0.25) is 19.2 Å². The van der Waals surface area contributed by atoms with Gasteiger partial charge >= 0.3 is 0 Å². The number of benzene rings is 1. The van der Waals surface area contributed by atoms with E-state index in [4.69, 9.17) is 9.72 Å². The number of ketones is 1. The maximum Gasteiger partial charge on any atom is 0.254 e. The van der Waals surface area contributed by atoms with Crippen LogP contribution in [0.1, 0.15) is 99.2 Å². The van der Waals surface area contributed by atoms with E-state index in [1.165, 1.54) is 6.07 Å². The van der Waals surface area contributed by atoms with Crippen molar-refractivity contribution in [3.63, 3.8) is 0 Å². The number of hydrogen-bond donors (Lipinski definition) is 3. The van der Waals surface area contributed by atoms with Gasteiger partial charge in [0.1, 0.15) is 24.8 Å². The molecule has 0 saturated carbocycles. The molecule has 2 aromatic heterocycles. The Morgan fingerprint density at radius 2 is 1.89 bits per heavy atom. The summed E-state index contributed by atoms with van der Waals surface area (Å²) in [6.45, 7) is 9.48. The number of fused-ring (bicyclic) bond motifs is 5. The molecule has 3 aromatic rings. The Labute approximate surface area is 266 Å². The van der Waals surface area contributed by atoms with Crippen molar-refractivity contribution in [3.05, 3.63) is 61.7 Å². The number of rotatable bonds is 8. The fourth-order valence-electron chi connectivity index (χ4n) is 7.17. The lowest BCUT2D eigenvalue weighted by Crippen LogP contribution is -2.43. The van der Waals surface area contributed by atoms with Crippen LogP contribution in [0.3, 0.4) is 0 Å². The van der Waals surface area contributed by atoms with Crippen LogP contribution >= 0.6 is 0 Å². The lowest BCUT2D eigenvalue weighted by atomic mass is 9.77. The normalized spacial score (nSPS) is 19.9. The SMILES string of the molecule is CC[C@@]1(O)C(=O)CCc2c1cc1n(c2=O)Cc2c-1nc1cc(F)c(C)c3c1c2[C@@H](NC(=O)COCNC(=O)CCC(C)(C)C)CC3. The van der Waals surface area contributed by atoms with Gasteiger partial charge in [0, 0.05) is 41.0 Å². The molecule has 1 aliphatic heterocycles. The second-order valence-electron chi connectivity index (χ2n) is 14.0. The van der Waals surface area contributed by atoms with Crippen molar-refractivity contribution in [2.24, 2.45) is 5.41 Å². The number of nitrogens with zero attached hydrogens (tertiary/aromatic N) is 2. The molecule has 0 fully saturated rings. The number of Topliss-reactive ketones (excluding diaryl/α,β-unsaturated/α-hetero) is 1. The molecule has 0 bridgehead atoms. The smallest absolute Gasteiger partial charge is 0.254 e. The Morgan fingerprint density at radius 3 is 2.61 bits per heavy atom. The van der Waals surface area contributed by atoms with Crippen LogP contribution in [0.4, 0.5) is 4.39 Å². The summed E-state index contributed by atoms with van der Waals surface area (Å²) in [7, 11) is 0. The lowest BCUT2D eigenvalue weighted by Gasteiger charge is -2.32. The molecule has 0 saturated heterocycles. The summed E-state index contributed by atoms with van der Waals surface area (Å²) in [5.41, 5.74) is 2.99. The second kappa shape index (κ2) is 11.7. The molecule has 10 nitrogen and oxygen atoms in total. The van der Waals surface area contributed by atoms with Crippen LogP contribution < -0.4 is 16.2 Å². The summed E-state index contributed by atoms with van der Waals surface area (Å²) in [5.74, 6) is -1.21. The number of pyridine rings is 2. The largest absolute Gasteiger partial charge is 0.377 e. The molecule has 2 atom stereocenters. The van der Waals surface area contributed by atoms with Gasteiger partial charge < -0.3 is 25.0 Å². The summed E-state index contributed by atoms with van der Waals surface area (Å²) >= 11 is 0. The Hall–Kier alpha value is -3.96. The van der Waals surface area contributed by atoms with Gasteiger partial charge in [0.2, 0.25) is 11.8 Å². The number of amides is 2. The Kier molecular flexibility index (Phi) is 8.13. The number of aliphatic hydroxyl groups is 1. The topological polar surface area (TPSA) is 140 Å². The minimum Gasteiger partial charge on any atom is -0.377 e. The van der Waals surface area contributed by atoms with Gasteiger partial charge in [0.25, 0.3) is 5.56 Å². The lowest BCUT2D eigenvalue weighted by molar-refractivity contribution is -0.140. The van der Waals surface area contributed by atoms with E-state index in [1.54, 1.807) is 24.5 Å². The average Bonchev–Trinajstić information content (AvgIpc) is 3.38. The van der Waals surface area contributed by atoms with E-state index < -0.39 is 11.6 Å². The summed E-state index contributed by atoms with van der Waals surface area (Å²) in [5, 5.41) is 17.9. The van der Waals surface area contributed by atoms with Crippen LogP contribution in [0.5, 0.6) is 0 Å². The van der Waals surface area contributed by atoms with Crippen LogP contribution in [0, 0.1) is 18.2 Å². The van der Waals surface area contributed by atoms with E-state index in [0.717, 1.165) is 28.5 Å². The molecule has 6 rings (SSSR count). The highest BCUT2D eigenvalue weighted by Crippen LogP contribution is 2.46. The third-order valence-corrected chi connectivity index (χ3v) is 9.80. The first-order valence-corrected chi connectivity index (χ1v) is 16.0. The van der Waals surface area contributed by atoms with Crippen molar-refractivity contribution in [1.82, 2.24) is 20.2 Å². The number of aromatic nitrogens is 2. The number of aryl methyl sites for hydroxylation is 1. The molecule has 0 radical (unpaired) electrons. The van der Waals surface area contributed by atoms with E-state index in [0.29, 0.717) is 52.9 Å². The molecule has 46 heavy (non-hydrogen) atoms. The first-order chi connectivity index (χ1) is 21.7. The highest BCUT2D eigenvalue weighted by molar-refractivity contribution is 5.94. The first-order valence-electron chi connectivity index (χ1n) is 16.0. The van der Waals surface area contributed by atoms with Gasteiger partial charge in [-0.05, 0) is 67.2 Å². The van der Waals surface area contributed by atoms with Gasteiger partial charge in [-0.15, -0.1) is 0 Å². The van der Waals surface area contributed by atoms with Gasteiger partial charge in [0.05, 0.1) is 29.5 Å². The molecule has 11 heteroatoms. The Bertz CT molecular complexity index is 1860. The molecule has 3 heterocycles. The van der Waals surface area contributed by atoms with E-state index in [-0.39, 0.29) is 73.5 Å². The highest BCUT2D eigenvalue weighted by Gasteiger charge is 2.44. The van der Waals surface area contributed by atoms with Gasteiger partial charge in [0.15, 0.2) is 5.78 Å². The summed E-state index contributed by atoms with van der Waals surface area (Å²) in [4.78, 5) is 56.8. The third kappa shape index (κ3) is 5.43.